The Hall–Kier alpha value is -3.18. The van der Waals surface area contributed by atoms with Crippen LogP contribution in [0.2, 0.25) is 0 Å². The lowest BCUT2D eigenvalue weighted by atomic mass is 10.1. The summed E-state index contributed by atoms with van der Waals surface area (Å²) in [5, 5.41) is 22.6. The summed E-state index contributed by atoms with van der Waals surface area (Å²) >= 11 is 0. The van der Waals surface area contributed by atoms with Crippen LogP contribution in [0.15, 0.2) is 24.4 Å². The van der Waals surface area contributed by atoms with E-state index in [-0.39, 0.29) is 23.7 Å². The molecule has 0 spiro atoms. The first-order valence-electron chi connectivity index (χ1n) is 8.37. The minimum atomic E-state index is -0.981. The maximum atomic E-state index is 12.1. The summed E-state index contributed by atoms with van der Waals surface area (Å²) in [6.07, 6.45) is 1.55. The van der Waals surface area contributed by atoms with Crippen LogP contribution in [-0.4, -0.2) is 34.6 Å². The highest BCUT2D eigenvalue weighted by Gasteiger charge is 2.43. The van der Waals surface area contributed by atoms with Crippen LogP contribution < -0.4 is 16.0 Å². The normalized spacial score (nSPS) is 24.5. The van der Waals surface area contributed by atoms with E-state index in [9.17, 15) is 14.7 Å². The molecule has 1 aromatic carbocycles. The lowest BCUT2D eigenvalue weighted by Gasteiger charge is -2.18. The number of carbonyl (C=O) groups excluding carboxylic acids is 2. The number of fused-ring (bicyclic) bond motifs is 1. The van der Waals surface area contributed by atoms with Crippen molar-refractivity contribution < 1.29 is 14.7 Å². The Balaban J connectivity index is 1.63. The van der Waals surface area contributed by atoms with Gasteiger partial charge in [-0.2, -0.15) is 5.26 Å². The number of nitriles is 1. The molecule has 2 aliphatic rings. The van der Waals surface area contributed by atoms with Crippen LogP contribution in [0.25, 0.3) is 10.8 Å². The number of aliphatic hydroxyl groups excluding tert-OH is 1. The van der Waals surface area contributed by atoms with Gasteiger partial charge in [0.2, 0.25) is 5.91 Å². The second-order valence-electron chi connectivity index (χ2n) is 6.69. The monoisotopic (exact) mass is 351 g/mol. The number of hydrogen-bond acceptors (Lipinski definition) is 6. The van der Waals surface area contributed by atoms with E-state index >= 15 is 0 Å². The van der Waals surface area contributed by atoms with Crippen molar-refractivity contribution >= 4 is 39.8 Å². The van der Waals surface area contributed by atoms with Gasteiger partial charge in [0, 0.05) is 35.9 Å². The summed E-state index contributed by atoms with van der Waals surface area (Å²) in [5.41, 5.74) is 7.15. The molecule has 0 bridgehead atoms. The second-order valence-corrected chi connectivity index (χ2v) is 6.69. The fraction of sp³-hybridized carbons (Fsp3) is 0.333. The van der Waals surface area contributed by atoms with Gasteiger partial charge in [0.05, 0.1) is 17.9 Å². The molecule has 2 amide bonds. The van der Waals surface area contributed by atoms with Crippen molar-refractivity contribution in [3.05, 3.63) is 24.4 Å². The number of aromatic nitrogens is 1. The Morgan fingerprint density at radius 3 is 2.88 bits per heavy atom. The third-order valence-corrected chi connectivity index (χ3v) is 4.89. The van der Waals surface area contributed by atoms with Crippen LogP contribution in [0.5, 0.6) is 0 Å². The van der Waals surface area contributed by atoms with Gasteiger partial charge in [0.15, 0.2) is 0 Å². The lowest BCUT2D eigenvalue weighted by molar-refractivity contribution is -0.124. The first kappa shape index (κ1) is 16.3. The van der Waals surface area contributed by atoms with Gasteiger partial charge >= 0.3 is 0 Å². The minimum absolute atomic E-state index is 0.217. The Morgan fingerprint density at radius 2 is 2.23 bits per heavy atom. The number of carbonyl (C=O) groups is 2. The molecule has 0 unspecified atom stereocenters. The van der Waals surface area contributed by atoms with Crippen LogP contribution >= 0.6 is 0 Å². The molecule has 0 radical (unpaired) electrons. The molecule has 1 aliphatic carbocycles. The molecule has 4 N–H and O–H groups in total. The number of nitrogens with zero attached hydrogens (tertiary/aromatic N) is 3. The largest absolute Gasteiger partial charge is 0.398 e. The molecule has 8 nitrogen and oxygen atoms in total. The van der Waals surface area contributed by atoms with Gasteiger partial charge in [0.1, 0.15) is 11.9 Å². The number of hydrogen-bond donors (Lipinski definition) is 3. The van der Waals surface area contributed by atoms with E-state index in [4.69, 9.17) is 11.0 Å². The molecule has 26 heavy (non-hydrogen) atoms. The van der Waals surface area contributed by atoms with Crippen molar-refractivity contribution in [2.75, 3.05) is 22.5 Å². The fourth-order valence-corrected chi connectivity index (χ4v) is 3.26. The van der Waals surface area contributed by atoms with Crippen molar-refractivity contribution in [2.24, 2.45) is 11.8 Å². The number of nitrogens with two attached hydrogens (primary N) is 1. The SMILES string of the molecule is N#C[C@H]1C[C@@H]1C(=O)Nc1cc2cc(N3CC[C@@H](O)C3=O)cc(N)c2cn1. The quantitative estimate of drug-likeness (QED) is 0.707. The van der Waals surface area contributed by atoms with Gasteiger partial charge in [-0.05, 0) is 30.0 Å². The predicted octanol–water partition coefficient (Wildman–Crippen LogP) is 1.01. The Kier molecular flexibility index (Phi) is 3.74. The maximum absolute atomic E-state index is 12.1. The molecule has 3 atom stereocenters. The summed E-state index contributed by atoms with van der Waals surface area (Å²) in [4.78, 5) is 29.8. The number of aliphatic hydroxyl groups is 1. The zero-order valence-electron chi connectivity index (χ0n) is 13.8. The standard InChI is InChI=1S/C18H17N5O3/c19-7-10-4-12(10)17(25)22-16-5-9-3-11(6-14(20)13(9)8-21-16)23-2-1-15(24)18(23)26/h3,5-6,8,10,12,15,24H,1-2,4,20H2,(H,21,22,25)/t10-,12+,15-/m1/s1. The molecule has 8 heteroatoms. The van der Waals surface area contributed by atoms with E-state index in [2.05, 4.69) is 16.4 Å². The second kappa shape index (κ2) is 5.97. The average molecular weight is 351 g/mol. The van der Waals surface area contributed by atoms with Crippen molar-refractivity contribution in [1.29, 1.82) is 5.26 Å². The summed E-state index contributed by atoms with van der Waals surface area (Å²) < 4.78 is 0. The highest BCUT2D eigenvalue weighted by Crippen LogP contribution is 2.38. The third kappa shape index (κ3) is 2.72. The van der Waals surface area contributed by atoms with E-state index in [0.29, 0.717) is 42.0 Å². The van der Waals surface area contributed by atoms with Crippen LogP contribution in [0.3, 0.4) is 0 Å². The van der Waals surface area contributed by atoms with E-state index in [1.165, 1.54) is 4.90 Å². The molecular weight excluding hydrogens is 334 g/mol. The van der Waals surface area contributed by atoms with E-state index < -0.39 is 6.10 Å². The van der Waals surface area contributed by atoms with E-state index in [1.807, 2.05) is 0 Å². The number of amides is 2. The average Bonchev–Trinajstić information content (AvgIpc) is 3.34. The van der Waals surface area contributed by atoms with Gasteiger partial charge in [-0.15, -0.1) is 0 Å². The lowest BCUT2D eigenvalue weighted by Crippen LogP contribution is -2.29. The number of rotatable bonds is 3. The van der Waals surface area contributed by atoms with Crippen molar-refractivity contribution in [3.8, 4) is 6.07 Å². The Morgan fingerprint density at radius 1 is 1.42 bits per heavy atom. The molecular formula is C18H17N5O3. The van der Waals surface area contributed by atoms with E-state index in [1.54, 1.807) is 24.4 Å². The van der Waals surface area contributed by atoms with Gasteiger partial charge < -0.3 is 21.1 Å². The third-order valence-electron chi connectivity index (χ3n) is 4.89. The first-order chi connectivity index (χ1) is 12.5. The van der Waals surface area contributed by atoms with Crippen LogP contribution in [0.1, 0.15) is 12.8 Å². The zero-order valence-corrected chi connectivity index (χ0v) is 13.8. The summed E-state index contributed by atoms with van der Waals surface area (Å²) in [7, 11) is 0. The number of nitrogens with one attached hydrogen (secondary N) is 1. The van der Waals surface area contributed by atoms with Crippen molar-refractivity contribution in [1.82, 2.24) is 4.98 Å². The highest BCUT2D eigenvalue weighted by atomic mass is 16.3. The zero-order chi connectivity index (χ0) is 18.4. The molecule has 132 valence electrons. The van der Waals surface area contributed by atoms with Gasteiger partial charge in [-0.25, -0.2) is 4.98 Å². The minimum Gasteiger partial charge on any atom is -0.398 e. The van der Waals surface area contributed by atoms with Crippen molar-refractivity contribution in [3.63, 3.8) is 0 Å². The first-order valence-corrected chi connectivity index (χ1v) is 8.37. The van der Waals surface area contributed by atoms with Gasteiger partial charge in [0.25, 0.3) is 5.91 Å². The van der Waals surface area contributed by atoms with Gasteiger partial charge in [-0.1, -0.05) is 0 Å². The molecule has 1 saturated carbocycles. The Bertz CT molecular complexity index is 967. The molecule has 1 aromatic heterocycles. The molecule has 4 rings (SSSR count). The fourth-order valence-electron chi connectivity index (χ4n) is 3.26. The molecule has 1 saturated heterocycles. The van der Waals surface area contributed by atoms with Crippen LogP contribution in [0, 0.1) is 23.2 Å². The smallest absolute Gasteiger partial charge is 0.255 e. The number of pyridine rings is 1. The molecule has 2 aromatic rings. The highest BCUT2D eigenvalue weighted by molar-refractivity contribution is 6.04. The summed E-state index contributed by atoms with van der Waals surface area (Å²) in [6.45, 7) is 0.427. The topological polar surface area (TPSA) is 132 Å². The number of anilines is 3. The number of benzene rings is 1. The summed E-state index contributed by atoms with van der Waals surface area (Å²) in [5.74, 6) is -0.689. The predicted molar refractivity (Wildman–Crippen MR) is 95.0 cm³/mol. The van der Waals surface area contributed by atoms with Gasteiger partial charge in [-0.3, -0.25) is 9.59 Å². The molecule has 2 fully saturated rings. The van der Waals surface area contributed by atoms with Crippen LogP contribution in [-0.2, 0) is 9.59 Å². The maximum Gasteiger partial charge on any atom is 0.255 e. The Labute approximate surface area is 149 Å². The number of nitrogen functional groups attached to an aromatic ring is 1. The van der Waals surface area contributed by atoms with E-state index in [0.717, 1.165) is 5.39 Å². The summed E-state index contributed by atoms with van der Waals surface area (Å²) in [6, 6.07) is 7.24. The van der Waals surface area contributed by atoms with Crippen LogP contribution in [0.4, 0.5) is 17.2 Å². The van der Waals surface area contributed by atoms with Crippen molar-refractivity contribution in [2.45, 2.75) is 18.9 Å². The molecule has 2 heterocycles. The molecule has 1 aliphatic heterocycles.